The number of carbonyl (C=O) groups excluding carboxylic acids is 2. The van der Waals surface area contributed by atoms with Crippen molar-refractivity contribution in [3.8, 4) is 11.5 Å². The molecule has 2 heterocycles. The standard InChI is InChI=1S/C19H20N2O5/c1-24-15-7-8-16(25-2)14(13-15)6-9-18(22)20-10-4-11-21(20)19(23)17-5-3-12-26-17/h3,5-9,12-13H,4,10-11H2,1-2H3. The van der Waals surface area contributed by atoms with Gasteiger partial charge in [-0.05, 0) is 42.8 Å². The first-order valence-corrected chi connectivity index (χ1v) is 8.21. The highest BCUT2D eigenvalue weighted by atomic mass is 16.5. The quantitative estimate of drug-likeness (QED) is 0.770. The molecule has 7 nitrogen and oxygen atoms in total. The minimum Gasteiger partial charge on any atom is -0.497 e. The first-order chi connectivity index (χ1) is 12.6. The molecule has 0 aliphatic carbocycles. The summed E-state index contributed by atoms with van der Waals surface area (Å²) in [5.41, 5.74) is 0.711. The van der Waals surface area contributed by atoms with Gasteiger partial charge in [-0.2, -0.15) is 0 Å². The van der Waals surface area contributed by atoms with Crippen molar-refractivity contribution in [1.29, 1.82) is 0 Å². The molecular weight excluding hydrogens is 336 g/mol. The molecule has 1 aliphatic rings. The van der Waals surface area contributed by atoms with Crippen LogP contribution in [0, 0.1) is 0 Å². The van der Waals surface area contributed by atoms with Gasteiger partial charge in [0, 0.05) is 24.7 Å². The largest absolute Gasteiger partial charge is 0.497 e. The molecule has 136 valence electrons. The van der Waals surface area contributed by atoms with E-state index in [0.29, 0.717) is 36.6 Å². The molecule has 26 heavy (non-hydrogen) atoms. The van der Waals surface area contributed by atoms with Crippen LogP contribution in [0.5, 0.6) is 11.5 Å². The van der Waals surface area contributed by atoms with Crippen LogP contribution in [0.4, 0.5) is 0 Å². The molecule has 0 N–H and O–H groups in total. The molecular formula is C19H20N2O5. The molecule has 1 aromatic heterocycles. The second-order valence-corrected chi connectivity index (χ2v) is 5.66. The Morgan fingerprint density at radius 3 is 2.62 bits per heavy atom. The maximum Gasteiger partial charge on any atom is 0.308 e. The fraction of sp³-hybridized carbons (Fsp3) is 0.263. The molecule has 0 spiro atoms. The third-order valence-corrected chi connectivity index (χ3v) is 4.09. The van der Waals surface area contributed by atoms with Crippen molar-refractivity contribution in [2.24, 2.45) is 0 Å². The number of hydrogen-bond acceptors (Lipinski definition) is 5. The zero-order chi connectivity index (χ0) is 18.5. The molecule has 1 aromatic carbocycles. The lowest BCUT2D eigenvalue weighted by molar-refractivity contribution is -0.135. The predicted octanol–water partition coefficient (Wildman–Crippen LogP) is 2.60. The summed E-state index contributed by atoms with van der Waals surface area (Å²) in [7, 11) is 3.13. The van der Waals surface area contributed by atoms with E-state index in [9.17, 15) is 9.59 Å². The highest BCUT2D eigenvalue weighted by molar-refractivity contribution is 5.97. The van der Waals surface area contributed by atoms with Gasteiger partial charge in [-0.3, -0.25) is 9.59 Å². The summed E-state index contributed by atoms with van der Waals surface area (Å²) in [6.07, 6.45) is 5.22. The average molecular weight is 356 g/mol. The molecule has 0 radical (unpaired) electrons. The molecule has 2 amide bonds. The number of carbonyl (C=O) groups is 2. The number of ether oxygens (including phenoxy) is 2. The number of hydrazine groups is 1. The molecule has 3 rings (SSSR count). The average Bonchev–Trinajstić information content (AvgIpc) is 3.37. The molecule has 1 saturated heterocycles. The monoisotopic (exact) mass is 356 g/mol. The molecule has 7 heteroatoms. The van der Waals surface area contributed by atoms with Crippen molar-refractivity contribution in [2.75, 3.05) is 27.3 Å². The second kappa shape index (κ2) is 7.77. The van der Waals surface area contributed by atoms with Crippen molar-refractivity contribution < 1.29 is 23.5 Å². The van der Waals surface area contributed by atoms with E-state index in [1.807, 2.05) is 0 Å². The Morgan fingerprint density at radius 1 is 1.12 bits per heavy atom. The van der Waals surface area contributed by atoms with E-state index in [1.54, 1.807) is 50.6 Å². The van der Waals surface area contributed by atoms with Gasteiger partial charge in [-0.15, -0.1) is 0 Å². The van der Waals surface area contributed by atoms with E-state index in [-0.39, 0.29) is 17.6 Å². The lowest BCUT2D eigenvalue weighted by Crippen LogP contribution is -2.44. The van der Waals surface area contributed by atoms with Crippen LogP contribution in [0.1, 0.15) is 22.5 Å². The van der Waals surface area contributed by atoms with Gasteiger partial charge in [-0.1, -0.05) is 0 Å². The van der Waals surface area contributed by atoms with Gasteiger partial charge in [0.2, 0.25) is 0 Å². The molecule has 0 unspecified atom stereocenters. The number of hydrogen-bond donors (Lipinski definition) is 0. The summed E-state index contributed by atoms with van der Waals surface area (Å²) in [6.45, 7) is 0.951. The van der Waals surface area contributed by atoms with Gasteiger partial charge in [-0.25, -0.2) is 10.0 Å². The van der Waals surface area contributed by atoms with E-state index in [0.717, 1.165) is 0 Å². The minimum absolute atomic E-state index is 0.211. The maximum atomic E-state index is 12.6. The molecule has 0 saturated carbocycles. The zero-order valence-electron chi connectivity index (χ0n) is 14.7. The van der Waals surface area contributed by atoms with Crippen LogP contribution in [-0.4, -0.2) is 49.1 Å². The Morgan fingerprint density at radius 2 is 1.92 bits per heavy atom. The summed E-state index contributed by atoms with van der Waals surface area (Å²) in [4.78, 5) is 25.1. The van der Waals surface area contributed by atoms with Gasteiger partial charge in [0.05, 0.1) is 20.5 Å². The molecule has 1 fully saturated rings. The number of methoxy groups -OCH3 is 2. The molecule has 0 bridgehead atoms. The first-order valence-electron chi connectivity index (χ1n) is 8.21. The van der Waals surface area contributed by atoms with E-state index >= 15 is 0 Å². The highest BCUT2D eigenvalue weighted by Crippen LogP contribution is 2.25. The topological polar surface area (TPSA) is 72.2 Å². The van der Waals surface area contributed by atoms with E-state index < -0.39 is 0 Å². The van der Waals surface area contributed by atoms with Gasteiger partial charge in [0.25, 0.3) is 5.91 Å². The van der Waals surface area contributed by atoms with Gasteiger partial charge < -0.3 is 13.9 Å². The van der Waals surface area contributed by atoms with Crippen molar-refractivity contribution >= 4 is 17.9 Å². The van der Waals surface area contributed by atoms with Crippen LogP contribution in [0.2, 0.25) is 0 Å². The Hall–Kier alpha value is -3.22. The van der Waals surface area contributed by atoms with Gasteiger partial charge >= 0.3 is 5.91 Å². The normalized spacial score (nSPS) is 14.1. The number of amides is 2. The Kier molecular flexibility index (Phi) is 5.26. The summed E-state index contributed by atoms with van der Waals surface area (Å²) in [5, 5.41) is 2.84. The van der Waals surface area contributed by atoms with Crippen LogP contribution in [0.3, 0.4) is 0 Å². The smallest absolute Gasteiger partial charge is 0.308 e. The zero-order valence-corrected chi connectivity index (χ0v) is 14.7. The number of nitrogens with zero attached hydrogens (tertiary/aromatic N) is 2. The lowest BCUT2D eigenvalue weighted by atomic mass is 10.1. The van der Waals surface area contributed by atoms with Gasteiger partial charge in [0.15, 0.2) is 5.76 Å². The molecule has 2 aromatic rings. The summed E-state index contributed by atoms with van der Waals surface area (Å²) in [6, 6.07) is 8.55. The Bertz CT molecular complexity index is 813. The van der Waals surface area contributed by atoms with Crippen LogP contribution < -0.4 is 9.47 Å². The number of furan rings is 1. The Balaban J connectivity index is 1.77. The first kappa shape index (κ1) is 17.6. The minimum atomic E-state index is -0.326. The SMILES string of the molecule is COc1ccc(OC)c(C=CC(=O)N2CCCN2C(=O)c2ccco2)c1. The summed E-state index contributed by atoms with van der Waals surface area (Å²) < 4.78 is 15.6. The third kappa shape index (κ3) is 3.56. The van der Waals surface area contributed by atoms with Crippen LogP contribution in [0.15, 0.2) is 47.1 Å². The fourth-order valence-electron chi connectivity index (χ4n) is 2.80. The third-order valence-electron chi connectivity index (χ3n) is 4.09. The van der Waals surface area contributed by atoms with Crippen LogP contribution in [-0.2, 0) is 4.79 Å². The van der Waals surface area contributed by atoms with Crippen LogP contribution in [0.25, 0.3) is 6.08 Å². The molecule has 0 atom stereocenters. The molecule has 1 aliphatic heterocycles. The van der Waals surface area contributed by atoms with Crippen molar-refractivity contribution in [1.82, 2.24) is 10.0 Å². The number of rotatable bonds is 5. The summed E-state index contributed by atoms with van der Waals surface area (Å²) >= 11 is 0. The predicted molar refractivity (Wildman–Crippen MR) is 94.7 cm³/mol. The van der Waals surface area contributed by atoms with E-state index in [4.69, 9.17) is 13.9 Å². The highest BCUT2D eigenvalue weighted by Gasteiger charge is 2.31. The Labute approximate surface area is 151 Å². The summed E-state index contributed by atoms with van der Waals surface area (Å²) in [5.74, 6) is 0.886. The van der Waals surface area contributed by atoms with Crippen LogP contribution >= 0.6 is 0 Å². The van der Waals surface area contributed by atoms with Crippen molar-refractivity contribution in [3.05, 3.63) is 54.0 Å². The maximum absolute atomic E-state index is 12.6. The van der Waals surface area contributed by atoms with Crippen molar-refractivity contribution in [2.45, 2.75) is 6.42 Å². The van der Waals surface area contributed by atoms with Crippen molar-refractivity contribution in [3.63, 3.8) is 0 Å². The van der Waals surface area contributed by atoms with Gasteiger partial charge in [0.1, 0.15) is 11.5 Å². The van der Waals surface area contributed by atoms with E-state index in [1.165, 1.54) is 22.4 Å². The fourth-order valence-corrected chi connectivity index (χ4v) is 2.80. The number of benzene rings is 1. The lowest BCUT2D eigenvalue weighted by Gasteiger charge is -2.26. The van der Waals surface area contributed by atoms with E-state index in [2.05, 4.69) is 0 Å². The second-order valence-electron chi connectivity index (χ2n) is 5.66.